The Morgan fingerprint density at radius 3 is 2.69 bits per heavy atom. The summed E-state index contributed by atoms with van der Waals surface area (Å²) in [6, 6.07) is 4.23. The van der Waals surface area contributed by atoms with Crippen LogP contribution in [0.5, 0.6) is 5.75 Å². The van der Waals surface area contributed by atoms with E-state index < -0.39 is 12.3 Å². The van der Waals surface area contributed by atoms with Crippen LogP contribution in [0.25, 0.3) is 6.08 Å². The normalized spacial score (nSPS) is 11.0. The maximum Gasteiger partial charge on any atom is 0.267 e. The molecule has 1 aromatic carbocycles. The van der Waals surface area contributed by atoms with Gasteiger partial charge in [0.25, 0.3) is 6.43 Å². The van der Waals surface area contributed by atoms with Gasteiger partial charge in [-0.2, -0.15) is 0 Å². The topological polar surface area (TPSA) is 52.3 Å². The van der Waals surface area contributed by atoms with Crippen molar-refractivity contribution in [3.63, 3.8) is 0 Å². The summed E-state index contributed by atoms with van der Waals surface area (Å²) in [4.78, 5) is 10.5. The summed E-state index contributed by atoms with van der Waals surface area (Å²) in [6.45, 7) is 0. The van der Waals surface area contributed by atoms with E-state index in [4.69, 9.17) is 10.5 Å². The van der Waals surface area contributed by atoms with E-state index in [9.17, 15) is 13.6 Å². The van der Waals surface area contributed by atoms with Gasteiger partial charge in [0.05, 0.1) is 12.7 Å². The van der Waals surface area contributed by atoms with Gasteiger partial charge in [0, 0.05) is 6.08 Å². The first-order valence-electron chi connectivity index (χ1n) is 4.48. The molecule has 5 heteroatoms. The number of hydrogen-bond donors (Lipinski definition) is 1. The van der Waals surface area contributed by atoms with Gasteiger partial charge in [-0.25, -0.2) is 8.78 Å². The van der Waals surface area contributed by atoms with Crippen molar-refractivity contribution in [3.05, 3.63) is 35.4 Å². The summed E-state index contributed by atoms with van der Waals surface area (Å²) >= 11 is 0. The van der Waals surface area contributed by atoms with Gasteiger partial charge in [-0.1, -0.05) is 6.07 Å². The first-order valence-corrected chi connectivity index (χ1v) is 4.48. The summed E-state index contributed by atoms with van der Waals surface area (Å²) < 4.78 is 30.0. The van der Waals surface area contributed by atoms with E-state index in [0.717, 1.165) is 6.08 Å². The number of nitrogens with two attached hydrogens (primary N) is 1. The molecule has 0 aromatic heterocycles. The van der Waals surface area contributed by atoms with Gasteiger partial charge in [-0.15, -0.1) is 0 Å². The molecule has 0 aliphatic rings. The van der Waals surface area contributed by atoms with Crippen molar-refractivity contribution in [1.29, 1.82) is 0 Å². The van der Waals surface area contributed by atoms with E-state index in [1.54, 1.807) is 6.07 Å². The van der Waals surface area contributed by atoms with Crippen molar-refractivity contribution in [3.8, 4) is 5.75 Å². The monoisotopic (exact) mass is 227 g/mol. The van der Waals surface area contributed by atoms with Crippen molar-refractivity contribution < 1.29 is 18.3 Å². The van der Waals surface area contributed by atoms with E-state index in [1.165, 1.54) is 25.3 Å². The molecule has 0 bridgehead atoms. The van der Waals surface area contributed by atoms with Gasteiger partial charge in [-0.05, 0) is 23.8 Å². The average Bonchev–Trinajstić information content (AvgIpc) is 2.25. The molecule has 0 saturated carbocycles. The summed E-state index contributed by atoms with van der Waals surface area (Å²) in [5.74, 6) is -0.513. The maximum absolute atomic E-state index is 12.6. The van der Waals surface area contributed by atoms with E-state index in [1.807, 2.05) is 0 Å². The Morgan fingerprint density at radius 2 is 2.19 bits per heavy atom. The van der Waals surface area contributed by atoms with Crippen LogP contribution in [0, 0.1) is 0 Å². The third-order valence-electron chi connectivity index (χ3n) is 1.93. The number of carbonyl (C=O) groups excluding carboxylic acids is 1. The molecule has 86 valence electrons. The number of rotatable bonds is 4. The molecular formula is C11H11F2NO2. The minimum absolute atomic E-state index is 0.117. The van der Waals surface area contributed by atoms with Gasteiger partial charge >= 0.3 is 0 Å². The lowest BCUT2D eigenvalue weighted by atomic mass is 10.1. The number of methoxy groups -OCH3 is 1. The molecule has 2 N–H and O–H groups in total. The Morgan fingerprint density at radius 1 is 1.50 bits per heavy atom. The lowest BCUT2D eigenvalue weighted by molar-refractivity contribution is -0.113. The van der Waals surface area contributed by atoms with Crippen LogP contribution in [-0.2, 0) is 4.79 Å². The first kappa shape index (κ1) is 12.2. The van der Waals surface area contributed by atoms with Crippen molar-refractivity contribution in [2.45, 2.75) is 6.43 Å². The molecule has 0 unspecified atom stereocenters. The zero-order valence-electron chi connectivity index (χ0n) is 8.61. The lowest BCUT2D eigenvalue weighted by Crippen LogP contribution is -2.05. The van der Waals surface area contributed by atoms with Crippen LogP contribution in [0.4, 0.5) is 8.78 Å². The van der Waals surface area contributed by atoms with Crippen LogP contribution in [-0.4, -0.2) is 13.0 Å². The highest BCUT2D eigenvalue weighted by Crippen LogP contribution is 2.29. The SMILES string of the molecule is COc1ccc(/C=C/C(N)=O)cc1C(F)F. The molecule has 1 aromatic rings. The molecule has 0 atom stereocenters. The fraction of sp³-hybridized carbons (Fsp3) is 0.182. The minimum atomic E-state index is -2.63. The number of benzene rings is 1. The molecule has 3 nitrogen and oxygen atoms in total. The Kier molecular flexibility index (Phi) is 3.99. The molecule has 0 saturated heterocycles. The first-order chi connectivity index (χ1) is 7.54. The van der Waals surface area contributed by atoms with Crippen LogP contribution >= 0.6 is 0 Å². The number of hydrogen-bond acceptors (Lipinski definition) is 2. The molecule has 0 spiro atoms. The van der Waals surface area contributed by atoms with E-state index in [0.29, 0.717) is 5.56 Å². The Bertz CT molecular complexity index is 416. The number of alkyl halides is 2. The van der Waals surface area contributed by atoms with Gasteiger partial charge in [0.2, 0.25) is 5.91 Å². The maximum atomic E-state index is 12.6. The van der Waals surface area contributed by atoms with Crippen LogP contribution in [0.1, 0.15) is 17.6 Å². The zero-order valence-corrected chi connectivity index (χ0v) is 8.61. The standard InChI is InChI=1S/C11H11F2NO2/c1-16-9-4-2-7(3-5-10(14)15)6-8(9)11(12)13/h2-6,11H,1H3,(H2,14,15)/b5-3+. The Balaban J connectivity index is 3.07. The number of ether oxygens (including phenoxy) is 1. The quantitative estimate of drug-likeness (QED) is 0.801. The van der Waals surface area contributed by atoms with Gasteiger partial charge < -0.3 is 10.5 Å². The highest BCUT2D eigenvalue weighted by Gasteiger charge is 2.13. The van der Waals surface area contributed by atoms with Crippen LogP contribution in [0.15, 0.2) is 24.3 Å². The molecule has 0 radical (unpaired) electrons. The molecule has 1 amide bonds. The third kappa shape index (κ3) is 3.05. The second-order valence-corrected chi connectivity index (χ2v) is 3.04. The minimum Gasteiger partial charge on any atom is -0.496 e. The molecule has 0 fully saturated rings. The molecule has 0 aliphatic carbocycles. The van der Waals surface area contributed by atoms with E-state index in [-0.39, 0.29) is 11.3 Å². The number of primary amides is 1. The van der Waals surface area contributed by atoms with E-state index in [2.05, 4.69) is 0 Å². The number of halogens is 2. The zero-order chi connectivity index (χ0) is 12.1. The Labute approximate surface area is 91.5 Å². The van der Waals surface area contributed by atoms with Crippen molar-refractivity contribution >= 4 is 12.0 Å². The summed E-state index contributed by atoms with van der Waals surface area (Å²) in [5, 5.41) is 0. The van der Waals surface area contributed by atoms with E-state index >= 15 is 0 Å². The fourth-order valence-electron chi connectivity index (χ4n) is 1.21. The summed E-state index contributed by atoms with van der Waals surface area (Å²) in [6.07, 6.45) is -0.151. The largest absolute Gasteiger partial charge is 0.496 e. The summed E-state index contributed by atoms with van der Waals surface area (Å²) in [7, 11) is 1.32. The molecule has 0 aliphatic heterocycles. The number of amides is 1. The van der Waals surface area contributed by atoms with Crippen molar-refractivity contribution in [1.82, 2.24) is 0 Å². The summed E-state index contributed by atoms with van der Waals surface area (Å²) in [5.41, 5.74) is 5.15. The van der Waals surface area contributed by atoms with Crippen LogP contribution < -0.4 is 10.5 Å². The van der Waals surface area contributed by atoms with Gasteiger partial charge in [0.15, 0.2) is 0 Å². The third-order valence-corrected chi connectivity index (χ3v) is 1.93. The second-order valence-electron chi connectivity index (χ2n) is 3.04. The van der Waals surface area contributed by atoms with Crippen molar-refractivity contribution in [2.75, 3.05) is 7.11 Å². The van der Waals surface area contributed by atoms with Gasteiger partial charge in [-0.3, -0.25) is 4.79 Å². The van der Waals surface area contributed by atoms with Gasteiger partial charge in [0.1, 0.15) is 5.75 Å². The molecular weight excluding hydrogens is 216 g/mol. The Hall–Kier alpha value is -1.91. The second kappa shape index (κ2) is 5.25. The predicted octanol–water partition coefficient (Wildman–Crippen LogP) is 2.13. The van der Waals surface area contributed by atoms with Crippen LogP contribution in [0.3, 0.4) is 0 Å². The fourth-order valence-corrected chi connectivity index (χ4v) is 1.21. The smallest absolute Gasteiger partial charge is 0.267 e. The highest BCUT2D eigenvalue weighted by molar-refractivity contribution is 5.90. The molecule has 16 heavy (non-hydrogen) atoms. The highest BCUT2D eigenvalue weighted by atomic mass is 19.3. The molecule has 0 heterocycles. The average molecular weight is 227 g/mol. The lowest BCUT2D eigenvalue weighted by Gasteiger charge is -2.08. The van der Waals surface area contributed by atoms with Crippen LogP contribution in [0.2, 0.25) is 0 Å². The predicted molar refractivity (Wildman–Crippen MR) is 56.2 cm³/mol. The molecule has 1 rings (SSSR count). The van der Waals surface area contributed by atoms with Crippen molar-refractivity contribution in [2.24, 2.45) is 5.73 Å². The number of carbonyl (C=O) groups is 1.